The van der Waals surface area contributed by atoms with Gasteiger partial charge < -0.3 is 0 Å². The van der Waals surface area contributed by atoms with Crippen molar-refractivity contribution in [3.8, 4) is 11.1 Å². The first-order valence-corrected chi connectivity index (χ1v) is 8.92. The summed E-state index contributed by atoms with van der Waals surface area (Å²) in [5.41, 5.74) is 8.97. The molecule has 0 saturated carbocycles. The largest absolute Gasteiger partial charge is 0.0654 e. The van der Waals surface area contributed by atoms with Crippen LogP contribution in [0.5, 0.6) is 0 Å². The van der Waals surface area contributed by atoms with Crippen LogP contribution in [0.1, 0.15) is 63.6 Å². The van der Waals surface area contributed by atoms with Crippen molar-refractivity contribution in [2.24, 2.45) is 0 Å². The first kappa shape index (κ1) is 16.1. The molecule has 1 aliphatic rings. The van der Waals surface area contributed by atoms with Gasteiger partial charge in [0, 0.05) is 0 Å². The molecule has 0 amide bonds. The van der Waals surface area contributed by atoms with Crippen molar-refractivity contribution in [1.29, 1.82) is 0 Å². The normalized spacial score (nSPS) is 13.8. The zero-order valence-electron chi connectivity index (χ0n) is 14.9. The molecule has 0 atom stereocenters. The summed E-state index contributed by atoms with van der Waals surface area (Å²) in [6.07, 6.45) is 7.42. The maximum absolute atomic E-state index is 2.47. The highest BCUT2D eigenvalue weighted by Crippen LogP contribution is 2.41. The Morgan fingerprint density at radius 3 is 2.35 bits per heavy atom. The van der Waals surface area contributed by atoms with Crippen LogP contribution >= 0.6 is 0 Å². The Bertz CT molecular complexity index is 712. The Morgan fingerprint density at radius 2 is 1.70 bits per heavy atom. The minimum absolute atomic E-state index is 0.153. The molecule has 120 valence electrons. The van der Waals surface area contributed by atoms with Gasteiger partial charge in [-0.25, -0.2) is 0 Å². The molecule has 3 rings (SSSR count). The molecule has 2 aromatic rings. The maximum atomic E-state index is 2.47. The van der Waals surface area contributed by atoms with E-state index in [4.69, 9.17) is 0 Å². The molecule has 0 N–H and O–H groups in total. The number of benzene rings is 2. The van der Waals surface area contributed by atoms with E-state index in [1.54, 1.807) is 5.57 Å². The van der Waals surface area contributed by atoms with Gasteiger partial charge in [0.05, 0.1) is 0 Å². The van der Waals surface area contributed by atoms with Crippen LogP contribution in [-0.4, -0.2) is 0 Å². The van der Waals surface area contributed by atoms with Crippen LogP contribution < -0.4 is 0 Å². The minimum atomic E-state index is 0.153. The summed E-state index contributed by atoms with van der Waals surface area (Å²) in [5, 5.41) is 0. The fourth-order valence-electron chi connectivity index (χ4n) is 3.59. The topological polar surface area (TPSA) is 0 Å². The molecule has 2 aromatic carbocycles. The first-order chi connectivity index (χ1) is 11.0. The van der Waals surface area contributed by atoms with Crippen LogP contribution in [-0.2, 0) is 11.8 Å². The van der Waals surface area contributed by atoms with Crippen molar-refractivity contribution in [2.45, 2.75) is 58.8 Å². The van der Waals surface area contributed by atoms with Gasteiger partial charge in [0.2, 0.25) is 0 Å². The summed E-state index contributed by atoms with van der Waals surface area (Å²) < 4.78 is 0. The molecule has 0 fully saturated rings. The van der Waals surface area contributed by atoms with Crippen molar-refractivity contribution in [3.63, 3.8) is 0 Å². The molecule has 0 saturated heterocycles. The average molecular weight is 304 g/mol. The lowest BCUT2D eigenvalue weighted by molar-refractivity contribution is 0.591. The van der Waals surface area contributed by atoms with E-state index >= 15 is 0 Å². The van der Waals surface area contributed by atoms with Gasteiger partial charge in [-0.15, -0.1) is 0 Å². The summed E-state index contributed by atoms with van der Waals surface area (Å²) in [6, 6.07) is 15.6. The van der Waals surface area contributed by atoms with Gasteiger partial charge in [-0.1, -0.05) is 88.2 Å². The van der Waals surface area contributed by atoms with E-state index in [-0.39, 0.29) is 5.41 Å². The number of hydrogen-bond donors (Lipinski definition) is 0. The maximum Gasteiger partial charge on any atom is -0.00576 e. The van der Waals surface area contributed by atoms with E-state index in [1.165, 1.54) is 47.1 Å². The Hall–Kier alpha value is -1.82. The predicted molar refractivity (Wildman–Crippen MR) is 102 cm³/mol. The molecule has 0 aromatic heterocycles. The van der Waals surface area contributed by atoms with E-state index in [0.29, 0.717) is 0 Å². The fourth-order valence-corrected chi connectivity index (χ4v) is 3.59. The monoisotopic (exact) mass is 304 g/mol. The zero-order valence-corrected chi connectivity index (χ0v) is 14.9. The van der Waals surface area contributed by atoms with Crippen molar-refractivity contribution in [2.75, 3.05) is 0 Å². The van der Waals surface area contributed by atoms with Crippen LogP contribution in [0.2, 0.25) is 0 Å². The van der Waals surface area contributed by atoms with Crippen molar-refractivity contribution in [1.82, 2.24) is 0 Å². The summed E-state index contributed by atoms with van der Waals surface area (Å²) in [4.78, 5) is 0. The zero-order chi connectivity index (χ0) is 16.4. The number of fused-ring (bicyclic) bond motifs is 1. The third kappa shape index (κ3) is 3.27. The number of allylic oxidation sites excluding steroid dienone is 1. The summed E-state index contributed by atoms with van der Waals surface area (Å²) in [6.45, 7) is 9.23. The van der Waals surface area contributed by atoms with Gasteiger partial charge in [0.1, 0.15) is 0 Å². The molecule has 0 aliphatic heterocycles. The Labute approximate surface area is 141 Å². The van der Waals surface area contributed by atoms with Gasteiger partial charge in [-0.2, -0.15) is 0 Å². The molecule has 0 spiro atoms. The number of rotatable bonds is 4. The first-order valence-electron chi connectivity index (χ1n) is 8.92. The second kappa shape index (κ2) is 6.35. The van der Waals surface area contributed by atoms with E-state index in [2.05, 4.69) is 76.2 Å². The van der Waals surface area contributed by atoms with E-state index in [1.807, 2.05) is 0 Å². The summed E-state index contributed by atoms with van der Waals surface area (Å²) in [7, 11) is 0. The molecule has 23 heavy (non-hydrogen) atoms. The Balaban J connectivity index is 2.15. The number of hydrogen-bond acceptors (Lipinski definition) is 0. The van der Waals surface area contributed by atoms with Crippen LogP contribution in [0.25, 0.3) is 17.2 Å². The van der Waals surface area contributed by atoms with Crippen molar-refractivity contribution >= 4 is 6.08 Å². The third-order valence-corrected chi connectivity index (χ3v) is 4.82. The highest BCUT2D eigenvalue weighted by Gasteiger charge is 2.24. The standard InChI is InChI=1S/C23H28/c1-5-6-10-17-15-19-13-14-21(23(2,3)4)22(20(19)16-17)18-11-8-7-9-12-18/h7-9,11-14,16H,5-6,10,15H2,1-4H3. The second-order valence-corrected chi connectivity index (χ2v) is 7.76. The number of unbranched alkanes of at least 4 members (excludes halogenated alkanes) is 1. The molecule has 0 unspecified atom stereocenters. The van der Waals surface area contributed by atoms with Gasteiger partial charge in [0.15, 0.2) is 0 Å². The SMILES string of the molecule is CCCCC1=Cc2c(ccc(C(C)(C)C)c2-c2ccccc2)C1. The van der Waals surface area contributed by atoms with Crippen molar-refractivity contribution in [3.05, 3.63) is 64.7 Å². The lowest BCUT2D eigenvalue weighted by Crippen LogP contribution is -2.13. The molecule has 0 heterocycles. The fraction of sp³-hybridized carbons (Fsp3) is 0.391. The van der Waals surface area contributed by atoms with E-state index in [9.17, 15) is 0 Å². The molecule has 1 aliphatic carbocycles. The molecule has 0 nitrogen and oxygen atoms in total. The average Bonchev–Trinajstić information content (AvgIpc) is 2.94. The van der Waals surface area contributed by atoms with Crippen LogP contribution in [0.4, 0.5) is 0 Å². The third-order valence-electron chi connectivity index (χ3n) is 4.82. The molecular weight excluding hydrogens is 276 g/mol. The summed E-state index contributed by atoms with van der Waals surface area (Å²) in [5.74, 6) is 0. The highest BCUT2D eigenvalue weighted by molar-refractivity contribution is 5.83. The second-order valence-electron chi connectivity index (χ2n) is 7.76. The smallest absolute Gasteiger partial charge is 0.00576 e. The Morgan fingerprint density at radius 1 is 0.957 bits per heavy atom. The van der Waals surface area contributed by atoms with Crippen LogP contribution in [0.3, 0.4) is 0 Å². The van der Waals surface area contributed by atoms with E-state index < -0.39 is 0 Å². The highest BCUT2D eigenvalue weighted by atomic mass is 14.3. The lowest BCUT2D eigenvalue weighted by Gasteiger charge is -2.25. The van der Waals surface area contributed by atoms with Crippen LogP contribution in [0, 0.1) is 0 Å². The minimum Gasteiger partial charge on any atom is -0.0654 e. The van der Waals surface area contributed by atoms with Crippen molar-refractivity contribution < 1.29 is 0 Å². The van der Waals surface area contributed by atoms with Gasteiger partial charge >= 0.3 is 0 Å². The van der Waals surface area contributed by atoms with Gasteiger partial charge in [-0.05, 0) is 52.5 Å². The van der Waals surface area contributed by atoms with Gasteiger partial charge in [-0.3, -0.25) is 0 Å². The molecule has 0 radical (unpaired) electrons. The summed E-state index contributed by atoms with van der Waals surface area (Å²) >= 11 is 0. The van der Waals surface area contributed by atoms with E-state index in [0.717, 1.165) is 6.42 Å². The van der Waals surface area contributed by atoms with Gasteiger partial charge in [0.25, 0.3) is 0 Å². The molecule has 0 bridgehead atoms. The quantitative estimate of drug-likeness (QED) is 0.584. The Kier molecular flexibility index (Phi) is 4.43. The molecule has 0 heteroatoms. The lowest BCUT2D eigenvalue weighted by atomic mass is 9.79. The predicted octanol–water partition coefficient (Wildman–Crippen LogP) is 6.78. The van der Waals surface area contributed by atoms with Crippen LogP contribution in [0.15, 0.2) is 48.0 Å². The molecular formula is C23H28.